The number of methoxy groups -OCH3 is 2. The molecule has 1 saturated heterocycles. The fraction of sp³-hybridized carbons (Fsp3) is 0.440. The van der Waals surface area contributed by atoms with E-state index in [2.05, 4.69) is 0 Å². The number of amidine groups is 1. The fourth-order valence-corrected chi connectivity index (χ4v) is 5.02. The van der Waals surface area contributed by atoms with Crippen LogP contribution in [0.3, 0.4) is 0 Å². The maximum atomic E-state index is 12.0. The van der Waals surface area contributed by atoms with Crippen molar-refractivity contribution in [1.82, 2.24) is 4.90 Å². The van der Waals surface area contributed by atoms with Crippen LogP contribution >= 0.6 is 11.8 Å². The molecule has 0 N–H and O–H groups in total. The second-order valence-corrected chi connectivity index (χ2v) is 9.33. The van der Waals surface area contributed by atoms with Crippen LogP contribution in [-0.2, 0) is 32.2 Å². The molecule has 182 valence electrons. The number of carbonyl (C=O) groups is 1. The van der Waals surface area contributed by atoms with Gasteiger partial charge in [-0.1, -0.05) is 36.0 Å². The summed E-state index contributed by atoms with van der Waals surface area (Å²) in [4.78, 5) is 18.8. The van der Waals surface area contributed by atoms with Gasteiger partial charge in [-0.15, -0.1) is 0 Å². The van der Waals surface area contributed by atoms with E-state index in [0.717, 1.165) is 34.1 Å². The first-order chi connectivity index (χ1) is 16.5. The number of aliphatic imine (C=N–C) groups is 1. The van der Waals surface area contributed by atoms with Gasteiger partial charge < -0.3 is 33.4 Å². The first kappa shape index (κ1) is 24.5. The van der Waals surface area contributed by atoms with Crippen LogP contribution < -0.4 is 9.47 Å². The molecule has 0 aliphatic carbocycles. The number of rotatable bonds is 9. The Labute approximate surface area is 204 Å². The summed E-state index contributed by atoms with van der Waals surface area (Å²) >= 11 is 1.50. The van der Waals surface area contributed by atoms with E-state index in [1.54, 1.807) is 14.2 Å². The van der Waals surface area contributed by atoms with Crippen molar-refractivity contribution >= 4 is 23.2 Å². The summed E-state index contributed by atoms with van der Waals surface area (Å²) in [5, 5.41) is 0.841. The second kappa shape index (κ2) is 11.2. The van der Waals surface area contributed by atoms with Crippen LogP contribution in [0.15, 0.2) is 53.5 Å². The first-order valence-electron chi connectivity index (χ1n) is 11.0. The molecule has 0 aromatic heterocycles. The molecule has 0 radical (unpaired) electrons. The number of hydrogen-bond acceptors (Lipinski definition) is 9. The summed E-state index contributed by atoms with van der Waals surface area (Å²) in [6, 6.07) is 15.0. The molecule has 2 aromatic rings. The number of nitrogens with zero attached hydrogens (tertiary/aromatic N) is 2. The summed E-state index contributed by atoms with van der Waals surface area (Å²) in [5.74, 6) is 1.55. The van der Waals surface area contributed by atoms with Gasteiger partial charge in [0.1, 0.15) is 41.3 Å². The molecule has 5 unspecified atom stereocenters. The molecular formula is C25H30N2O6S. The molecule has 8 nitrogen and oxygen atoms in total. The summed E-state index contributed by atoms with van der Waals surface area (Å²) in [5.41, 5.74) is 1.64. The Hall–Kier alpha value is -2.59. The molecular weight excluding hydrogens is 456 g/mol. The van der Waals surface area contributed by atoms with Gasteiger partial charge in [0.05, 0.1) is 27.4 Å². The molecule has 0 spiro atoms. The minimum Gasteiger partial charge on any atom is -0.497 e. The highest BCUT2D eigenvalue weighted by Gasteiger charge is 2.51. The summed E-state index contributed by atoms with van der Waals surface area (Å²) < 4.78 is 29.2. The second-order valence-electron chi connectivity index (χ2n) is 8.27. The molecule has 1 fully saturated rings. The Kier molecular flexibility index (Phi) is 8.10. The predicted octanol–water partition coefficient (Wildman–Crippen LogP) is 3.13. The minimum absolute atomic E-state index is 0.294. The number of aldehydes is 1. The van der Waals surface area contributed by atoms with E-state index in [-0.39, 0.29) is 11.5 Å². The van der Waals surface area contributed by atoms with Crippen molar-refractivity contribution < 1.29 is 28.5 Å². The average Bonchev–Trinajstić information content (AvgIpc) is 3.31. The molecule has 0 amide bonds. The molecule has 2 aromatic carbocycles. The van der Waals surface area contributed by atoms with Crippen LogP contribution in [0, 0.1) is 0 Å². The lowest BCUT2D eigenvalue weighted by molar-refractivity contribution is -0.193. The molecule has 2 heterocycles. The molecule has 5 atom stereocenters. The van der Waals surface area contributed by atoms with Gasteiger partial charge in [0.15, 0.2) is 11.5 Å². The van der Waals surface area contributed by atoms with E-state index in [4.69, 9.17) is 28.7 Å². The lowest BCUT2D eigenvalue weighted by atomic mass is 9.98. The Morgan fingerprint density at radius 2 is 1.44 bits per heavy atom. The Balaban J connectivity index is 1.54. The summed E-state index contributed by atoms with van der Waals surface area (Å²) in [6.45, 7) is 0.656. The lowest BCUT2D eigenvalue weighted by Gasteiger charge is -2.40. The van der Waals surface area contributed by atoms with Crippen molar-refractivity contribution in [1.29, 1.82) is 0 Å². The zero-order valence-electron chi connectivity index (χ0n) is 19.7. The normalized spacial score (nSPS) is 25.9. The molecule has 9 heteroatoms. The van der Waals surface area contributed by atoms with E-state index in [1.165, 1.54) is 11.8 Å². The van der Waals surface area contributed by atoms with Gasteiger partial charge in [0, 0.05) is 14.1 Å². The molecule has 4 rings (SSSR count). The van der Waals surface area contributed by atoms with Crippen LogP contribution in [0.5, 0.6) is 11.5 Å². The highest BCUT2D eigenvalue weighted by atomic mass is 32.2. The van der Waals surface area contributed by atoms with E-state index in [9.17, 15) is 4.79 Å². The SMILES string of the molecule is COc1ccc(COC2C(C=O)OC3SC(N(C)C)=NC3C2OCc2ccc(OC)cc2)cc1. The number of fused-ring (bicyclic) bond motifs is 1. The number of carbonyl (C=O) groups excluding carboxylic acids is 1. The summed E-state index contributed by atoms with van der Waals surface area (Å²) in [7, 11) is 7.13. The zero-order valence-corrected chi connectivity index (χ0v) is 20.6. The van der Waals surface area contributed by atoms with Gasteiger partial charge in [-0.25, -0.2) is 0 Å². The molecule has 0 saturated carbocycles. The van der Waals surface area contributed by atoms with E-state index in [0.29, 0.717) is 13.2 Å². The van der Waals surface area contributed by atoms with Crippen LogP contribution in [0.25, 0.3) is 0 Å². The van der Waals surface area contributed by atoms with Gasteiger partial charge in [0.25, 0.3) is 0 Å². The van der Waals surface area contributed by atoms with Crippen molar-refractivity contribution in [2.75, 3.05) is 28.3 Å². The standard InChI is InChI=1S/C25H30N2O6S/c1-27(2)25-26-21-23(32-15-17-7-11-19(30-4)12-8-17)22(20(13-28)33-24(21)34-25)31-14-16-5-9-18(29-3)10-6-16/h5-13,20-24H,14-15H2,1-4H3. The van der Waals surface area contributed by atoms with Gasteiger partial charge in [-0.05, 0) is 35.4 Å². The number of benzene rings is 2. The molecule has 34 heavy (non-hydrogen) atoms. The highest BCUT2D eigenvalue weighted by Crippen LogP contribution is 2.39. The molecule has 0 bridgehead atoms. The van der Waals surface area contributed by atoms with Crippen molar-refractivity contribution in [3.8, 4) is 11.5 Å². The average molecular weight is 487 g/mol. The van der Waals surface area contributed by atoms with Crippen molar-refractivity contribution in [3.05, 3.63) is 59.7 Å². The zero-order chi connectivity index (χ0) is 24.1. The largest absolute Gasteiger partial charge is 0.497 e. The smallest absolute Gasteiger partial charge is 0.161 e. The predicted molar refractivity (Wildman–Crippen MR) is 130 cm³/mol. The third-order valence-electron chi connectivity index (χ3n) is 5.76. The summed E-state index contributed by atoms with van der Waals surface area (Å²) in [6.07, 6.45) is -1.03. The van der Waals surface area contributed by atoms with Gasteiger partial charge in [-0.2, -0.15) is 0 Å². The number of ether oxygens (including phenoxy) is 5. The highest BCUT2D eigenvalue weighted by molar-refractivity contribution is 8.14. The molecule has 2 aliphatic heterocycles. The topological polar surface area (TPSA) is 78.8 Å². The van der Waals surface area contributed by atoms with Crippen molar-refractivity contribution in [2.45, 2.75) is 43.0 Å². The fourth-order valence-electron chi connectivity index (χ4n) is 3.88. The van der Waals surface area contributed by atoms with Crippen LogP contribution in [-0.4, -0.2) is 74.5 Å². The van der Waals surface area contributed by atoms with Crippen molar-refractivity contribution in [3.63, 3.8) is 0 Å². The van der Waals surface area contributed by atoms with E-state index < -0.39 is 18.3 Å². The minimum atomic E-state index is -0.760. The Bertz CT molecular complexity index is 982. The van der Waals surface area contributed by atoms with Crippen LogP contribution in [0.2, 0.25) is 0 Å². The van der Waals surface area contributed by atoms with Gasteiger partial charge >= 0.3 is 0 Å². The Morgan fingerprint density at radius 1 is 0.912 bits per heavy atom. The monoisotopic (exact) mass is 486 g/mol. The van der Waals surface area contributed by atoms with E-state index in [1.807, 2.05) is 67.5 Å². The quantitative estimate of drug-likeness (QED) is 0.501. The maximum Gasteiger partial charge on any atom is 0.161 e. The number of thioether (sulfide) groups is 1. The third kappa shape index (κ3) is 5.55. The van der Waals surface area contributed by atoms with Gasteiger partial charge in [0.2, 0.25) is 0 Å². The van der Waals surface area contributed by atoms with Crippen LogP contribution in [0.1, 0.15) is 11.1 Å². The Morgan fingerprint density at radius 3 is 1.91 bits per heavy atom. The molecule has 2 aliphatic rings. The lowest BCUT2D eigenvalue weighted by Crippen LogP contribution is -2.57. The van der Waals surface area contributed by atoms with E-state index >= 15 is 0 Å². The van der Waals surface area contributed by atoms with Gasteiger partial charge in [-0.3, -0.25) is 4.99 Å². The maximum absolute atomic E-state index is 12.0. The first-order valence-corrected chi connectivity index (χ1v) is 11.9. The number of hydrogen-bond donors (Lipinski definition) is 0. The third-order valence-corrected chi connectivity index (χ3v) is 7.06. The van der Waals surface area contributed by atoms with Crippen molar-refractivity contribution in [2.24, 2.45) is 4.99 Å². The van der Waals surface area contributed by atoms with Crippen LogP contribution in [0.4, 0.5) is 0 Å².